The first-order valence-corrected chi connectivity index (χ1v) is 12.4. The molecule has 0 spiro atoms. The van der Waals surface area contributed by atoms with Gasteiger partial charge in [-0.1, -0.05) is 18.2 Å². The number of hydrogen-bond acceptors (Lipinski definition) is 6. The molecule has 0 radical (unpaired) electrons. The molecule has 0 fully saturated rings. The standard InChI is InChI=1S/C24H29N3O6S/c1-15-7-8-17(11-16(15)2)18-12-19(25-22(29)33-23(3,4)5)20(27(30)13-18)21(28)26-24(6)9-10-34(31,32)14-24/h7-13H,14H2,1-6H3,(H,25,29)(H,26,28)/t24-/m1/s1. The van der Waals surface area contributed by atoms with Crippen molar-refractivity contribution in [2.45, 2.75) is 52.7 Å². The number of pyridine rings is 1. The fourth-order valence-corrected chi connectivity index (χ4v) is 5.15. The van der Waals surface area contributed by atoms with Crippen molar-refractivity contribution in [1.82, 2.24) is 5.32 Å². The fraction of sp³-hybridized carbons (Fsp3) is 0.375. The second kappa shape index (κ2) is 8.75. The average molecular weight is 488 g/mol. The zero-order chi connectivity index (χ0) is 25.5. The number of hydrogen-bond donors (Lipinski definition) is 2. The van der Waals surface area contributed by atoms with Gasteiger partial charge >= 0.3 is 17.7 Å². The second-order valence-electron chi connectivity index (χ2n) is 9.72. The Labute approximate surface area is 199 Å². The van der Waals surface area contributed by atoms with Crippen molar-refractivity contribution in [2.75, 3.05) is 11.1 Å². The van der Waals surface area contributed by atoms with Crippen molar-refractivity contribution in [2.24, 2.45) is 0 Å². The van der Waals surface area contributed by atoms with Crippen LogP contribution in [0.1, 0.15) is 49.3 Å². The number of amides is 2. The van der Waals surface area contributed by atoms with Crippen molar-refractivity contribution < 1.29 is 27.5 Å². The highest BCUT2D eigenvalue weighted by molar-refractivity contribution is 7.94. The lowest BCUT2D eigenvalue weighted by atomic mass is 10.0. The zero-order valence-electron chi connectivity index (χ0n) is 20.1. The van der Waals surface area contributed by atoms with Crippen molar-refractivity contribution in [3.8, 4) is 11.1 Å². The maximum absolute atomic E-state index is 13.1. The van der Waals surface area contributed by atoms with Gasteiger partial charge in [-0.25, -0.2) is 13.2 Å². The van der Waals surface area contributed by atoms with Crippen LogP contribution in [0.5, 0.6) is 0 Å². The van der Waals surface area contributed by atoms with E-state index in [4.69, 9.17) is 4.74 Å². The molecule has 3 rings (SSSR count). The van der Waals surface area contributed by atoms with Crippen LogP contribution >= 0.6 is 0 Å². The summed E-state index contributed by atoms with van der Waals surface area (Å²) in [6, 6.07) is 7.16. The van der Waals surface area contributed by atoms with E-state index in [2.05, 4.69) is 10.6 Å². The molecular weight excluding hydrogens is 458 g/mol. The molecule has 10 heteroatoms. The minimum atomic E-state index is -3.46. The van der Waals surface area contributed by atoms with Crippen molar-refractivity contribution in [3.63, 3.8) is 0 Å². The molecule has 2 heterocycles. The van der Waals surface area contributed by atoms with Gasteiger partial charge in [0.1, 0.15) is 11.3 Å². The van der Waals surface area contributed by atoms with E-state index in [9.17, 15) is 23.2 Å². The van der Waals surface area contributed by atoms with Crippen molar-refractivity contribution in [3.05, 3.63) is 64.0 Å². The molecule has 182 valence electrons. The topological polar surface area (TPSA) is 129 Å². The molecule has 0 saturated carbocycles. The van der Waals surface area contributed by atoms with E-state index in [0.29, 0.717) is 10.3 Å². The first kappa shape index (κ1) is 25.2. The molecule has 2 amide bonds. The predicted molar refractivity (Wildman–Crippen MR) is 129 cm³/mol. The van der Waals surface area contributed by atoms with Crippen LogP contribution in [0.4, 0.5) is 10.5 Å². The van der Waals surface area contributed by atoms with E-state index in [1.54, 1.807) is 20.8 Å². The summed E-state index contributed by atoms with van der Waals surface area (Å²) in [5, 5.41) is 19.1. The number of carbonyl (C=O) groups excluding carboxylic acids is 2. The number of sulfone groups is 1. The number of aryl methyl sites for hydroxylation is 2. The van der Waals surface area contributed by atoms with Gasteiger partial charge < -0.3 is 15.3 Å². The van der Waals surface area contributed by atoms with E-state index >= 15 is 0 Å². The van der Waals surface area contributed by atoms with E-state index < -0.39 is 38.7 Å². The minimum Gasteiger partial charge on any atom is -0.618 e. The van der Waals surface area contributed by atoms with Gasteiger partial charge in [-0.3, -0.25) is 10.1 Å². The van der Waals surface area contributed by atoms with Gasteiger partial charge in [-0.05, 0) is 70.4 Å². The van der Waals surface area contributed by atoms with E-state index in [1.165, 1.54) is 25.3 Å². The first-order chi connectivity index (χ1) is 15.6. The normalized spacial score (nSPS) is 19.0. The lowest BCUT2D eigenvalue weighted by molar-refractivity contribution is -0.606. The van der Waals surface area contributed by atoms with Gasteiger partial charge in [0, 0.05) is 11.0 Å². The highest BCUT2D eigenvalue weighted by atomic mass is 32.2. The third-order valence-electron chi connectivity index (χ3n) is 5.27. The lowest BCUT2D eigenvalue weighted by Crippen LogP contribution is -2.50. The SMILES string of the molecule is Cc1ccc(-c2cc(NC(=O)OC(C)(C)C)c(C(=O)N[C@]3(C)C=CS(=O)(=O)C3)[n+]([O-])c2)cc1C. The highest BCUT2D eigenvalue weighted by Gasteiger charge is 2.37. The quantitative estimate of drug-likeness (QED) is 0.503. The molecule has 9 nitrogen and oxygen atoms in total. The van der Waals surface area contributed by atoms with Gasteiger partial charge in [0.25, 0.3) is 0 Å². The molecule has 1 aliphatic rings. The predicted octanol–water partition coefficient (Wildman–Crippen LogP) is 3.38. The van der Waals surface area contributed by atoms with Crippen LogP contribution in [0.3, 0.4) is 0 Å². The van der Waals surface area contributed by atoms with Crippen LogP contribution in [0, 0.1) is 19.1 Å². The zero-order valence-corrected chi connectivity index (χ0v) is 20.9. The first-order valence-electron chi connectivity index (χ1n) is 10.7. The summed E-state index contributed by atoms with van der Waals surface area (Å²) in [7, 11) is -3.46. The number of rotatable bonds is 4. The molecule has 1 aromatic carbocycles. The number of ether oxygens (including phenoxy) is 1. The summed E-state index contributed by atoms with van der Waals surface area (Å²) < 4.78 is 29.4. The Kier molecular flexibility index (Phi) is 6.49. The lowest BCUT2D eigenvalue weighted by Gasteiger charge is -2.23. The number of benzene rings is 1. The van der Waals surface area contributed by atoms with Crippen LogP contribution < -0.4 is 15.4 Å². The van der Waals surface area contributed by atoms with Gasteiger partial charge in [-0.15, -0.1) is 0 Å². The summed E-state index contributed by atoms with van der Waals surface area (Å²) >= 11 is 0. The monoisotopic (exact) mass is 487 g/mol. The molecule has 1 aliphatic heterocycles. The summed E-state index contributed by atoms with van der Waals surface area (Å²) in [5.74, 6) is -1.17. The maximum atomic E-state index is 13.1. The number of carbonyl (C=O) groups is 2. The molecule has 0 aliphatic carbocycles. The van der Waals surface area contributed by atoms with E-state index in [1.807, 2.05) is 32.0 Å². The van der Waals surface area contributed by atoms with Crippen LogP contribution in [0.2, 0.25) is 0 Å². The third-order valence-corrected chi connectivity index (χ3v) is 6.82. The van der Waals surface area contributed by atoms with Gasteiger partial charge in [0.05, 0.1) is 11.3 Å². The maximum Gasteiger partial charge on any atom is 0.412 e. The largest absolute Gasteiger partial charge is 0.618 e. The minimum absolute atomic E-state index is 0.0640. The highest BCUT2D eigenvalue weighted by Crippen LogP contribution is 2.27. The van der Waals surface area contributed by atoms with Gasteiger partial charge in [0.15, 0.2) is 16.0 Å². The summed E-state index contributed by atoms with van der Waals surface area (Å²) in [5.41, 5.74) is 0.846. The number of anilines is 1. The van der Waals surface area contributed by atoms with Crippen molar-refractivity contribution >= 4 is 27.5 Å². The second-order valence-corrected chi connectivity index (χ2v) is 11.6. The number of nitrogens with one attached hydrogen (secondary N) is 2. The van der Waals surface area contributed by atoms with Crippen LogP contribution in [0.25, 0.3) is 11.1 Å². The summed E-state index contributed by atoms with van der Waals surface area (Å²) in [4.78, 5) is 25.6. The Balaban J connectivity index is 2.04. The van der Waals surface area contributed by atoms with Crippen LogP contribution in [-0.2, 0) is 14.6 Å². The van der Waals surface area contributed by atoms with Crippen LogP contribution in [0.15, 0.2) is 41.9 Å². The smallest absolute Gasteiger partial charge is 0.412 e. The number of nitrogens with zero attached hydrogens (tertiary/aromatic N) is 1. The Bertz CT molecular complexity index is 1290. The molecule has 34 heavy (non-hydrogen) atoms. The number of aromatic nitrogens is 1. The van der Waals surface area contributed by atoms with E-state index in [0.717, 1.165) is 22.1 Å². The molecule has 1 atom stereocenters. The summed E-state index contributed by atoms with van der Waals surface area (Å²) in [6.07, 6.45) is 1.76. The average Bonchev–Trinajstić information content (AvgIpc) is 2.94. The van der Waals surface area contributed by atoms with Crippen molar-refractivity contribution in [1.29, 1.82) is 0 Å². The van der Waals surface area contributed by atoms with Crippen LogP contribution in [-0.4, -0.2) is 37.3 Å². The Morgan fingerprint density at radius 1 is 1.12 bits per heavy atom. The molecule has 0 saturated heterocycles. The molecular formula is C24H29N3O6S. The van der Waals surface area contributed by atoms with Gasteiger partial charge in [0.2, 0.25) is 0 Å². The Morgan fingerprint density at radius 3 is 2.35 bits per heavy atom. The molecule has 2 N–H and O–H groups in total. The molecule has 0 bridgehead atoms. The van der Waals surface area contributed by atoms with Gasteiger partial charge in [-0.2, -0.15) is 4.73 Å². The molecule has 1 aromatic heterocycles. The Hall–Kier alpha value is -3.40. The fourth-order valence-electron chi connectivity index (χ4n) is 3.55. The third kappa shape index (κ3) is 5.93. The van der Waals surface area contributed by atoms with E-state index in [-0.39, 0.29) is 11.4 Å². The Morgan fingerprint density at radius 2 is 1.79 bits per heavy atom. The molecule has 0 unspecified atom stereocenters. The molecule has 2 aromatic rings. The summed E-state index contributed by atoms with van der Waals surface area (Å²) in [6.45, 7) is 10.5.